The highest BCUT2D eigenvalue weighted by Crippen LogP contribution is 2.11. The van der Waals surface area contributed by atoms with Gasteiger partial charge in [-0.25, -0.2) is 0 Å². The maximum absolute atomic E-state index is 10.3. The monoisotopic (exact) mass is 157 g/mol. The number of amides is 1. The Balaban J connectivity index is 3.08. The minimum atomic E-state index is -0.172. The van der Waals surface area contributed by atoms with Crippen molar-refractivity contribution >= 4 is 5.91 Å². The second-order valence-electron chi connectivity index (χ2n) is 3.23. The highest BCUT2D eigenvalue weighted by atomic mass is 16.1. The van der Waals surface area contributed by atoms with Gasteiger partial charge in [-0.05, 0) is 12.3 Å². The van der Waals surface area contributed by atoms with Gasteiger partial charge in [0.2, 0.25) is 5.91 Å². The van der Waals surface area contributed by atoms with Crippen LogP contribution >= 0.6 is 0 Å². The van der Waals surface area contributed by atoms with Crippen molar-refractivity contribution in [2.45, 2.75) is 46.0 Å². The summed E-state index contributed by atoms with van der Waals surface area (Å²) in [5.41, 5.74) is 5.00. The van der Waals surface area contributed by atoms with Gasteiger partial charge >= 0.3 is 0 Å². The Morgan fingerprint density at radius 1 is 1.45 bits per heavy atom. The Kier molecular flexibility index (Phi) is 5.90. The van der Waals surface area contributed by atoms with Gasteiger partial charge in [-0.1, -0.05) is 33.1 Å². The molecule has 0 aliphatic rings. The van der Waals surface area contributed by atoms with Gasteiger partial charge in [0.25, 0.3) is 0 Å². The lowest BCUT2D eigenvalue weighted by molar-refractivity contribution is -0.118. The van der Waals surface area contributed by atoms with Gasteiger partial charge in [-0.3, -0.25) is 4.79 Å². The van der Waals surface area contributed by atoms with Crippen LogP contribution in [0.2, 0.25) is 0 Å². The molecule has 0 aliphatic carbocycles. The van der Waals surface area contributed by atoms with E-state index in [0.717, 1.165) is 18.8 Å². The lowest BCUT2D eigenvalue weighted by Gasteiger charge is -2.05. The quantitative estimate of drug-likeness (QED) is 0.589. The van der Waals surface area contributed by atoms with E-state index in [2.05, 4.69) is 13.8 Å². The van der Waals surface area contributed by atoms with Crippen molar-refractivity contribution in [2.75, 3.05) is 0 Å². The lowest BCUT2D eigenvalue weighted by Crippen LogP contribution is -2.09. The summed E-state index contributed by atoms with van der Waals surface area (Å²) in [5.74, 6) is 0.622. The van der Waals surface area contributed by atoms with Gasteiger partial charge in [-0.15, -0.1) is 0 Å². The van der Waals surface area contributed by atoms with E-state index in [1.807, 2.05) is 0 Å². The molecular formula is C9H19NO. The van der Waals surface area contributed by atoms with Crippen molar-refractivity contribution in [3.8, 4) is 0 Å². The molecule has 0 radical (unpaired) electrons. The van der Waals surface area contributed by atoms with Crippen molar-refractivity contribution in [1.29, 1.82) is 0 Å². The van der Waals surface area contributed by atoms with Crippen LogP contribution in [0.3, 0.4) is 0 Å². The van der Waals surface area contributed by atoms with Crippen LogP contribution in [0.4, 0.5) is 0 Å². The van der Waals surface area contributed by atoms with Gasteiger partial charge < -0.3 is 5.73 Å². The molecule has 1 amide bonds. The molecule has 1 atom stereocenters. The molecule has 0 fully saturated rings. The van der Waals surface area contributed by atoms with Crippen molar-refractivity contribution in [1.82, 2.24) is 0 Å². The van der Waals surface area contributed by atoms with E-state index in [1.54, 1.807) is 0 Å². The van der Waals surface area contributed by atoms with Gasteiger partial charge in [-0.2, -0.15) is 0 Å². The fourth-order valence-corrected chi connectivity index (χ4v) is 0.996. The average molecular weight is 157 g/mol. The maximum atomic E-state index is 10.3. The molecule has 0 heterocycles. The fraction of sp³-hybridized carbons (Fsp3) is 0.889. The zero-order valence-electron chi connectivity index (χ0n) is 7.60. The molecule has 0 aromatic heterocycles. The summed E-state index contributed by atoms with van der Waals surface area (Å²) < 4.78 is 0. The predicted octanol–water partition coefficient (Wildman–Crippen LogP) is 2.08. The third-order valence-electron chi connectivity index (χ3n) is 2.07. The molecule has 11 heavy (non-hydrogen) atoms. The minimum Gasteiger partial charge on any atom is -0.370 e. The maximum Gasteiger partial charge on any atom is 0.217 e. The SMILES string of the molecule is CC[C@@H](C)CCCCC(N)=O. The number of carbonyl (C=O) groups excluding carboxylic acids is 1. The van der Waals surface area contributed by atoms with E-state index < -0.39 is 0 Å². The number of hydrogen-bond donors (Lipinski definition) is 1. The van der Waals surface area contributed by atoms with Crippen molar-refractivity contribution < 1.29 is 4.79 Å². The summed E-state index contributed by atoms with van der Waals surface area (Å²) in [7, 11) is 0. The number of rotatable bonds is 6. The van der Waals surface area contributed by atoms with Gasteiger partial charge in [0, 0.05) is 6.42 Å². The Labute approximate surface area is 69.2 Å². The Morgan fingerprint density at radius 3 is 2.55 bits per heavy atom. The Bertz CT molecular complexity index is 112. The van der Waals surface area contributed by atoms with Crippen LogP contribution in [0.15, 0.2) is 0 Å². The summed E-state index contributed by atoms with van der Waals surface area (Å²) >= 11 is 0. The second kappa shape index (κ2) is 6.20. The molecule has 0 aliphatic heterocycles. The van der Waals surface area contributed by atoms with Gasteiger partial charge in [0.1, 0.15) is 0 Å². The highest BCUT2D eigenvalue weighted by Gasteiger charge is 1.99. The first kappa shape index (κ1) is 10.5. The first-order chi connectivity index (χ1) is 5.16. The number of unbranched alkanes of at least 4 members (excludes halogenated alkanes) is 1. The number of nitrogens with two attached hydrogens (primary N) is 1. The van der Waals surface area contributed by atoms with Crippen LogP contribution in [0.5, 0.6) is 0 Å². The smallest absolute Gasteiger partial charge is 0.217 e. The molecule has 66 valence electrons. The first-order valence-electron chi connectivity index (χ1n) is 4.45. The molecule has 0 rings (SSSR count). The molecule has 2 heteroatoms. The summed E-state index contributed by atoms with van der Waals surface area (Å²) in [6.45, 7) is 4.43. The summed E-state index contributed by atoms with van der Waals surface area (Å²) in [4.78, 5) is 10.3. The predicted molar refractivity (Wildman–Crippen MR) is 47.1 cm³/mol. The molecule has 0 bridgehead atoms. The summed E-state index contributed by atoms with van der Waals surface area (Å²) in [5, 5.41) is 0. The zero-order valence-corrected chi connectivity index (χ0v) is 7.60. The van der Waals surface area contributed by atoms with Gasteiger partial charge in [0.05, 0.1) is 0 Å². The number of hydrogen-bond acceptors (Lipinski definition) is 1. The molecule has 0 spiro atoms. The molecular weight excluding hydrogens is 138 g/mol. The third kappa shape index (κ3) is 7.37. The van der Waals surface area contributed by atoms with E-state index in [9.17, 15) is 4.79 Å². The number of primary amides is 1. The van der Waals surface area contributed by atoms with E-state index in [0.29, 0.717) is 6.42 Å². The molecule has 2 N–H and O–H groups in total. The molecule has 0 unspecified atom stereocenters. The van der Waals surface area contributed by atoms with Crippen LogP contribution in [-0.2, 0) is 4.79 Å². The van der Waals surface area contributed by atoms with Crippen molar-refractivity contribution in [3.63, 3.8) is 0 Å². The van der Waals surface area contributed by atoms with Crippen molar-refractivity contribution in [2.24, 2.45) is 11.7 Å². The van der Waals surface area contributed by atoms with Crippen LogP contribution in [0.25, 0.3) is 0 Å². The number of carbonyl (C=O) groups is 1. The molecule has 0 aromatic rings. The lowest BCUT2D eigenvalue weighted by atomic mass is 10.0. The van der Waals surface area contributed by atoms with E-state index in [1.165, 1.54) is 12.8 Å². The normalized spacial score (nSPS) is 12.9. The van der Waals surface area contributed by atoms with Crippen LogP contribution in [0, 0.1) is 5.92 Å². The summed E-state index contributed by atoms with van der Waals surface area (Å²) in [6, 6.07) is 0. The average Bonchev–Trinajstić information content (AvgIpc) is 1.97. The summed E-state index contributed by atoms with van der Waals surface area (Å²) in [6.07, 6.45) is 5.11. The van der Waals surface area contributed by atoms with Gasteiger partial charge in [0.15, 0.2) is 0 Å². The molecule has 2 nitrogen and oxygen atoms in total. The first-order valence-corrected chi connectivity index (χ1v) is 4.45. The van der Waals surface area contributed by atoms with Crippen LogP contribution in [-0.4, -0.2) is 5.91 Å². The van der Waals surface area contributed by atoms with Crippen molar-refractivity contribution in [3.05, 3.63) is 0 Å². The van der Waals surface area contributed by atoms with E-state index in [4.69, 9.17) is 5.73 Å². The Morgan fingerprint density at radius 2 is 2.09 bits per heavy atom. The molecule has 0 aromatic carbocycles. The van der Waals surface area contributed by atoms with E-state index in [-0.39, 0.29) is 5.91 Å². The molecule has 0 saturated carbocycles. The fourth-order valence-electron chi connectivity index (χ4n) is 0.996. The van der Waals surface area contributed by atoms with Crippen LogP contribution < -0.4 is 5.73 Å². The highest BCUT2D eigenvalue weighted by molar-refractivity contribution is 5.73. The largest absolute Gasteiger partial charge is 0.370 e. The van der Waals surface area contributed by atoms with E-state index >= 15 is 0 Å². The third-order valence-corrected chi connectivity index (χ3v) is 2.07. The standard InChI is InChI=1S/C9H19NO/c1-3-8(2)6-4-5-7-9(10)11/h8H,3-7H2,1-2H3,(H2,10,11)/t8-/m1/s1. The van der Waals surface area contributed by atoms with Crippen LogP contribution in [0.1, 0.15) is 46.0 Å². The second-order valence-corrected chi connectivity index (χ2v) is 3.23. The Hall–Kier alpha value is -0.530. The topological polar surface area (TPSA) is 43.1 Å². The minimum absolute atomic E-state index is 0.172. The zero-order chi connectivity index (χ0) is 8.69. The molecule has 0 saturated heterocycles.